The number of aliphatic carboxylic acids is 1. The van der Waals surface area contributed by atoms with Gasteiger partial charge in [0, 0.05) is 17.3 Å². The first-order valence-corrected chi connectivity index (χ1v) is 8.61. The Morgan fingerprint density at radius 1 is 1.52 bits per heavy atom. The number of hydrogen-bond acceptors (Lipinski definition) is 4. The van der Waals surface area contributed by atoms with Crippen LogP contribution in [0.25, 0.3) is 0 Å². The molecule has 1 N–H and O–H groups in total. The molecule has 21 heavy (non-hydrogen) atoms. The van der Waals surface area contributed by atoms with E-state index in [4.69, 9.17) is 4.98 Å². The lowest BCUT2D eigenvalue weighted by Crippen LogP contribution is -2.46. The van der Waals surface area contributed by atoms with Crippen LogP contribution in [0.1, 0.15) is 57.7 Å². The van der Waals surface area contributed by atoms with Gasteiger partial charge >= 0.3 is 5.97 Å². The molecule has 5 heteroatoms. The second-order valence-corrected chi connectivity index (χ2v) is 7.88. The highest BCUT2D eigenvalue weighted by molar-refractivity contribution is 7.09. The highest BCUT2D eigenvalue weighted by Gasteiger charge is 2.33. The van der Waals surface area contributed by atoms with E-state index in [-0.39, 0.29) is 11.5 Å². The van der Waals surface area contributed by atoms with Crippen LogP contribution < -0.4 is 0 Å². The molecule has 2 atom stereocenters. The van der Waals surface area contributed by atoms with Gasteiger partial charge in [-0.15, -0.1) is 11.3 Å². The average molecular weight is 310 g/mol. The Bertz CT molecular complexity index is 493. The third-order valence-corrected chi connectivity index (χ3v) is 5.56. The molecule has 1 aliphatic rings. The molecule has 4 nitrogen and oxygen atoms in total. The smallest absolute Gasteiger partial charge is 0.320 e. The average Bonchev–Trinajstić information content (AvgIpc) is 2.87. The molecule has 1 aromatic heterocycles. The van der Waals surface area contributed by atoms with Crippen molar-refractivity contribution in [3.8, 4) is 0 Å². The number of nitrogens with zero attached hydrogens (tertiary/aromatic N) is 2. The van der Waals surface area contributed by atoms with Crippen molar-refractivity contribution in [2.45, 2.75) is 65.0 Å². The fraction of sp³-hybridized carbons (Fsp3) is 0.750. The summed E-state index contributed by atoms with van der Waals surface area (Å²) in [6, 6.07) is -0.358. The van der Waals surface area contributed by atoms with Crippen molar-refractivity contribution in [1.29, 1.82) is 0 Å². The van der Waals surface area contributed by atoms with E-state index in [1.807, 2.05) is 0 Å². The van der Waals surface area contributed by atoms with Gasteiger partial charge in [-0.1, -0.05) is 34.1 Å². The Morgan fingerprint density at radius 2 is 2.24 bits per heavy atom. The molecule has 0 radical (unpaired) electrons. The van der Waals surface area contributed by atoms with E-state index in [1.54, 1.807) is 11.3 Å². The Morgan fingerprint density at radius 3 is 2.76 bits per heavy atom. The van der Waals surface area contributed by atoms with Crippen molar-refractivity contribution in [1.82, 2.24) is 9.88 Å². The molecule has 0 spiro atoms. The van der Waals surface area contributed by atoms with Crippen molar-refractivity contribution >= 4 is 17.3 Å². The number of carbonyl (C=O) groups is 1. The number of likely N-dealkylation sites (tertiary alicyclic amines) is 1. The second kappa shape index (κ2) is 6.44. The molecular formula is C16H26N2O2S. The van der Waals surface area contributed by atoms with Crippen LogP contribution in [0.2, 0.25) is 0 Å². The van der Waals surface area contributed by atoms with Gasteiger partial charge in [-0.2, -0.15) is 0 Å². The monoisotopic (exact) mass is 310 g/mol. The van der Waals surface area contributed by atoms with Gasteiger partial charge < -0.3 is 5.11 Å². The Hall–Kier alpha value is -0.940. The van der Waals surface area contributed by atoms with Crippen LogP contribution in [0, 0.1) is 5.92 Å². The molecule has 2 rings (SSSR count). The van der Waals surface area contributed by atoms with Gasteiger partial charge in [0.05, 0.1) is 10.7 Å². The predicted octanol–water partition coefficient (Wildman–Crippen LogP) is 3.52. The van der Waals surface area contributed by atoms with Gasteiger partial charge in [0.25, 0.3) is 0 Å². The summed E-state index contributed by atoms with van der Waals surface area (Å²) in [6.07, 6.45) is 2.93. The standard InChI is InChI=1S/C16H26N2O2S/c1-5-11-6-7-18(13(8-11)14(19)20)9-12-10-21-15(17-12)16(2,3)4/h10-11,13H,5-9H2,1-4H3,(H,19,20). The minimum absolute atomic E-state index is 0.0598. The van der Waals surface area contributed by atoms with E-state index in [2.05, 4.69) is 38.0 Å². The molecule has 2 unspecified atom stereocenters. The van der Waals surface area contributed by atoms with Crippen molar-refractivity contribution < 1.29 is 9.90 Å². The van der Waals surface area contributed by atoms with Gasteiger partial charge in [0.15, 0.2) is 0 Å². The number of aromatic nitrogens is 1. The first-order valence-electron chi connectivity index (χ1n) is 7.73. The molecule has 0 aromatic carbocycles. The minimum Gasteiger partial charge on any atom is -0.480 e. The van der Waals surface area contributed by atoms with Gasteiger partial charge in [0.1, 0.15) is 6.04 Å². The predicted molar refractivity (Wildman–Crippen MR) is 85.7 cm³/mol. The van der Waals surface area contributed by atoms with Gasteiger partial charge in [-0.3, -0.25) is 9.69 Å². The zero-order valence-electron chi connectivity index (χ0n) is 13.4. The molecule has 1 aliphatic heterocycles. The number of hydrogen-bond donors (Lipinski definition) is 1. The molecule has 118 valence electrons. The maximum Gasteiger partial charge on any atom is 0.320 e. The van der Waals surface area contributed by atoms with Crippen molar-refractivity contribution in [3.05, 3.63) is 16.1 Å². The van der Waals surface area contributed by atoms with Crippen LogP contribution in [0.5, 0.6) is 0 Å². The van der Waals surface area contributed by atoms with E-state index in [0.29, 0.717) is 12.5 Å². The maximum atomic E-state index is 11.5. The molecule has 1 saturated heterocycles. The lowest BCUT2D eigenvalue weighted by Gasteiger charge is -2.36. The highest BCUT2D eigenvalue weighted by Crippen LogP contribution is 2.29. The highest BCUT2D eigenvalue weighted by atomic mass is 32.1. The summed E-state index contributed by atoms with van der Waals surface area (Å²) in [5.74, 6) is -0.151. The number of carboxylic acids is 1. The largest absolute Gasteiger partial charge is 0.480 e. The topological polar surface area (TPSA) is 53.4 Å². The normalized spacial score (nSPS) is 24.2. The Kier molecular flexibility index (Phi) is 5.04. The zero-order chi connectivity index (χ0) is 15.6. The zero-order valence-corrected chi connectivity index (χ0v) is 14.2. The summed E-state index contributed by atoms with van der Waals surface area (Å²) >= 11 is 1.67. The first-order chi connectivity index (χ1) is 9.81. The molecule has 0 amide bonds. The lowest BCUT2D eigenvalue weighted by molar-refractivity contribution is -0.145. The summed E-state index contributed by atoms with van der Waals surface area (Å²) in [7, 11) is 0. The molecular weight excluding hydrogens is 284 g/mol. The molecule has 0 saturated carbocycles. The van der Waals surface area contributed by atoms with E-state index >= 15 is 0 Å². The Labute approximate surface area is 131 Å². The second-order valence-electron chi connectivity index (χ2n) is 7.02. The minimum atomic E-state index is -0.695. The molecule has 1 fully saturated rings. The number of carboxylic acid groups (broad SMARTS) is 1. The fourth-order valence-electron chi connectivity index (χ4n) is 2.84. The van der Waals surface area contributed by atoms with Gasteiger partial charge in [-0.25, -0.2) is 4.98 Å². The summed E-state index contributed by atoms with van der Waals surface area (Å²) in [5.41, 5.74) is 1.07. The number of piperidine rings is 1. The number of thiazole rings is 1. The van der Waals surface area contributed by atoms with Crippen LogP contribution in [0.3, 0.4) is 0 Å². The van der Waals surface area contributed by atoms with Crippen molar-refractivity contribution in [2.24, 2.45) is 5.92 Å². The SMILES string of the molecule is CCC1CCN(Cc2csc(C(C)(C)C)n2)C(C(=O)O)C1. The quantitative estimate of drug-likeness (QED) is 0.924. The van der Waals surface area contributed by atoms with Crippen LogP contribution in [0.15, 0.2) is 5.38 Å². The summed E-state index contributed by atoms with van der Waals surface area (Å²) in [6.45, 7) is 10.1. The van der Waals surface area contributed by atoms with Crippen LogP contribution >= 0.6 is 11.3 Å². The molecule has 1 aromatic rings. The van der Waals surface area contributed by atoms with Crippen molar-refractivity contribution in [3.63, 3.8) is 0 Å². The summed E-state index contributed by atoms with van der Waals surface area (Å²) < 4.78 is 0. The summed E-state index contributed by atoms with van der Waals surface area (Å²) in [4.78, 5) is 18.3. The number of rotatable bonds is 4. The van der Waals surface area contributed by atoms with Crippen LogP contribution in [-0.2, 0) is 16.8 Å². The molecule has 2 heterocycles. The first kappa shape index (κ1) is 16.4. The van der Waals surface area contributed by atoms with Crippen LogP contribution in [-0.4, -0.2) is 33.5 Å². The van der Waals surface area contributed by atoms with Gasteiger partial charge in [0.2, 0.25) is 0 Å². The van der Waals surface area contributed by atoms with Crippen molar-refractivity contribution in [2.75, 3.05) is 6.54 Å². The fourth-order valence-corrected chi connectivity index (χ4v) is 3.73. The van der Waals surface area contributed by atoms with Crippen LogP contribution in [0.4, 0.5) is 0 Å². The van der Waals surface area contributed by atoms with E-state index in [0.717, 1.165) is 36.5 Å². The lowest BCUT2D eigenvalue weighted by atomic mass is 9.89. The maximum absolute atomic E-state index is 11.5. The summed E-state index contributed by atoms with van der Waals surface area (Å²) in [5, 5.41) is 12.7. The molecule has 0 bridgehead atoms. The molecule has 0 aliphatic carbocycles. The van der Waals surface area contributed by atoms with E-state index in [9.17, 15) is 9.90 Å². The van der Waals surface area contributed by atoms with E-state index < -0.39 is 5.97 Å². The third-order valence-electron chi connectivity index (χ3n) is 4.24. The van der Waals surface area contributed by atoms with Gasteiger partial charge in [-0.05, 0) is 25.3 Å². The third kappa shape index (κ3) is 4.04. The van der Waals surface area contributed by atoms with E-state index in [1.165, 1.54) is 0 Å². The Balaban J connectivity index is 2.07.